The average Bonchev–Trinajstić information content (AvgIpc) is 2.30. The van der Waals surface area contributed by atoms with E-state index in [0.717, 1.165) is 0 Å². The van der Waals surface area contributed by atoms with Crippen LogP contribution in [0.2, 0.25) is 0 Å². The fourth-order valence-electron chi connectivity index (χ4n) is 1.61. The van der Waals surface area contributed by atoms with Crippen molar-refractivity contribution in [1.29, 1.82) is 0 Å². The van der Waals surface area contributed by atoms with Gasteiger partial charge in [0.1, 0.15) is 0 Å². The van der Waals surface area contributed by atoms with Crippen molar-refractivity contribution in [2.24, 2.45) is 0 Å². The van der Waals surface area contributed by atoms with Gasteiger partial charge in [0.2, 0.25) is 0 Å². The predicted octanol–water partition coefficient (Wildman–Crippen LogP) is 4.23. The first-order chi connectivity index (χ1) is 7.29. The molecule has 87 valence electrons. The zero-order chi connectivity index (χ0) is 10.7. The van der Waals surface area contributed by atoms with Gasteiger partial charge in [-0.25, -0.2) is 0 Å². The molecule has 1 radical (unpaired) electrons. The molecule has 0 aliphatic heterocycles. The SMILES string of the molecule is C[CH-]c1ccc(-c2ccc(C)cc2)cc1.[V].[W]. The normalized spacial score (nSPS) is 8.82. The van der Waals surface area contributed by atoms with E-state index in [1.807, 2.05) is 0 Å². The van der Waals surface area contributed by atoms with Gasteiger partial charge >= 0.3 is 0 Å². The van der Waals surface area contributed by atoms with Gasteiger partial charge in [-0.15, -0.1) is 12.1 Å². The van der Waals surface area contributed by atoms with Gasteiger partial charge < -0.3 is 0 Å². The molecular formula is C15H15VW-. The van der Waals surface area contributed by atoms with Crippen LogP contribution in [0.1, 0.15) is 18.1 Å². The van der Waals surface area contributed by atoms with E-state index in [-0.39, 0.29) is 39.6 Å². The Morgan fingerprint density at radius 3 is 1.59 bits per heavy atom. The molecule has 2 rings (SSSR count). The van der Waals surface area contributed by atoms with Crippen molar-refractivity contribution < 1.29 is 39.6 Å². The molecule has 0 saturated heterocycles. The molecule has 0 heterocycles. The van der Waals surface area contributed by atoms with Crippen molar-refractivity contribution in [3.05, 3.63) is 66.1 Å². The maximum absolute atomic E-state index is 2.17. The third-order valence-electron chi connectivity index (χ3n) is 2.63. The molecule has 0 spiro atoms. The molecular weight excluding hydrogens is 415 g/mol. The first kappa shape index (κ1) is 16.6. The Bertz CT molecular complexity index is 431. The van der Waals surface area contributed by atoms with Crippen molar-refractivity contribution in [3.8, 4) is 11.1 Å². The number of rotatable bonds is 2. The van der Waals surface area contributed by atoms with Crippen LogP contribution in [-0.4, -0.2) is 0 Å². The molecule has 0 aliphatic rings. The van der Waals surface area contributed by atoms with Crippen molar-refractivity contribution in [3.63, 3.8) is 0 Å². The summed E-state index contributed by atoms with van der Waals surface area (Å²) in [6.45, 7) is 4.17. The zero-order valence-electron chi connectivity index (χ0n) is 10.1. The molecule has 0 bridgehead atoms. The molecule has 0 unspecified atom stereocenters. The van der Waals surface area contributed by atoms with Gasteiger partial charge in [-0.1, -0.05) is 36.8 Å². The summed E-state index contributed by atoms with van der Waals surface area (Å²) in [5.41, 5.74) is 5.13. The van der Waals surface area contributed by atoms with Crippen LogP contribution in [0.25, 0.3) is 11.1 Å². The summed E-state index contributed by atoms with van der Waals surface area (Å²) in [5.74, 6) is 0. The smallest absolute Gasteiger partial charge is 0 e. The van der Waals surface area contributed by atoms with E-state index in [2.05, 4.69) is 68.8 Å². The van der Waals surface area contributed by atoms with Gasteiger partial charge in [0.05, 0.1) is 0 Å². The molecule has 0 saturated carbocycles. The number of hydrogen-bond donors (Lipinski definition) is 0. The van der Waals surface area contributed by atoms with E-state index in [4.69, 9.17) is 0 Å². The van der Waals surface area contributed by atoms with Gasteiger partial charge in [0.15, 0.2) is 0 Å². The minimum atomic E-state index is 0. The summed E-state index contributed by atoms with van der Waals surface area (Å²) in [5, 5.41) is 0. The summed E-state index contributed by atoms with van der Waals surface area (Å²) in [7, 11) is 0. The first-order valence-corrected chi connectivity index (χ1v) is 5.26. The second-order valence-electron chi connectivity index (χ2n) is 3.78. The van der Waals surface area contributed by atoms with Gasteiger partial charge in [-0.3, -0.25) is 0 Å². The molecule has 0 aliphatic carbocycles. The maximum atomic E-state index is 2.17. The van der Waals surface area contributed by atoms with E-state index in [0.29, 0.717) is 0 Å². The van der Waals surface area contributed by atoms with Gasteiger partial charge in [-0.05, 0) is 18.1 Å². The van der Waals surface area contributed by atoms with Gasteiger partial charge in [0.25, 0.3) is 0 Å². The molecule has 0 atom stereocenters. The van der Waals surface area contributed by atoms with Crippen LogP contribution in [0.15, 0.2) is 48.5 Å². The number of aryl methyl sites for hydroxylation is 1. The van der Waals surface area contributed by atoms with E-state index < -0.39 is 0 Å². The second kappa shape index (κ2) is 7.82. The Hall–Kier alpha value is -0.417. The van der Waals surface area contributed by atoms with Crippen LogP contribution in [-0.2, 0) is 39.6 Å². The molecule has 0 aromatic heterocycles. The number of hydrogen-bond acceptors (Lipinski definition) is 0. The van der Waals surface area contributed by atoms with Crippen molar-refractivity contribution in [1.82, 2.24) is 0 Å². The van der Waals surface area contributed by atoms with E-state index in [1.165, 1.54) is 22.3 Å². The summed E-state index contributed by atoms with van der Waals surface area (Å²) in [6.07, 6.45) is 2.11. The summed E-state index contributed by atoms with van der Waals surface area (Å²) in [4.78, 5) is 0. The molecule has 0 nitrogen and oxygen atoms in total. The zero-order valence-corrected chi connectivity index (χ0v) is 14.4. The molecule has 0 amide bonds. The molecule has 2 aromatic carbocycles. The van der Waals surface area contributed by atoms with Gasteiger partial charge in [-0.2, -0.15) is 24.1 Å². The maximum Gasteiger partial charge on any atom is 0 e. The fraction of sp³-hybridized carbons (Fsp3) is 0.133. The average molecular weight is 430 g/mol. The topological polar surface area (TPSA) is 0 Å². The quantitative estimate of drug-likeness (QED) is 0.626. The first-order valence-electron chi connectivity index (χ1n) is 5.26. The van der Waals surface area contributed by atoms with E-state index >= 15 is 0 Å². The van der Waals surface area contributed by atoms with Gasteiger partial charge in [0, 0.05) is 39.6 Å². The van der Waals surface area contributed by atoms with Crippen LogP contribution in [0.4, 0.5) is 0 Å². The van der Waals surface area contributed by atoms with Crippen LogP contribution >= 0.6 is 0 Å². The third-order valence-corrected chi connectivity index (χ3v) is 2.63. The molecule has 2 heteroatoms. The van der Waals surface area contributed by atoms with Crippen LogP contribution in [0, 0.1) is 13.3 Å². The Morgan fingerprint density at radius 1 is 0.765 bits per heavy atom. The minimum absolute atomic E-state index is 0. The Kier molecular flexibility index (Phi) is 7.63. The monoisotopic (exact) mass is 430 g/mol. The predicted molar refractivity (Wildman–Crippen MR) is 65.7 cm³/mol. The Balaban J connectivity index is 0.00000128. The molecule has 0 fully saturated rings. The fourth-order valence-corrected chi connectivity index (χ4v) is 1.61. The van der Waals surface area contributed by atoms with Crippen molar-refractivity contribution in [2.75, 3.05) is 0 Å². The van der Waals surface area contributed by atoms with Crippen molar-refractivity contribution in [2.45, 2.75) is 13.8 Å². The molecule has 2 aromatic rings. The Morgan fingerprint density at radius 2 is 1.18 bits per heavy atom. The third kappa shape index (κ3) is 4.39. The summed E-state index contributed by atoms with van der Waals surface area (Å²) < 4.78 is 0. The summed E-state index contributed by atoms with van der Waals surface area (Å²) >= 11 is 0. The molecule has 17 heavy (non-hydrogen) atoms. The standard InChI is InChI=1S/C15H15.V.W/c1-3-13-6-10-15(11-7-13)14-8-4-12(2)5-9-14;;/h3-11H,1-2H3;;/q-1;;. The Labute approximate surface area is 130 Å². The number of benzene rings is 2. The summed E-state index contributed by atoms with van der Waals surface area (Å²) in [6, 6.07) is 17.3. The van der Waals surface area contributed by atoms with Crippen LogP contribution < -0.4 is 0 Å². The van der Waals surface area contributed by atoms with Crippen molar-refractivity contribution >= 4 is 0 Å². The van der Waals surface area contributed by atoms with Crippen LogP contribution in [0.5, 0.6) is 0 Å². The van der Waals surface area contributed by atoms with E-state index in [1.54, 1.807) is 0 Å². The van der Waals surface area contributed by atoms with E-state index in [9.17, 15) is 0 Å². The van der Waals surface area contributed by atoms with Crippen LogP contribution in [0.3, 0.4) is 0 Å². The largest absolute Gasteiger partial charge is 0.192 e. The second-order valence-corrected chi connectivity index (χ2v) is 3.78. The minimum Gasteiger partial charge on any atom is -0.192 e. The molecule has 0 N–H and O–H groups in total.